The Morgan fingerprint density at radius 1 is 1.38 bits per heavy atom. The predicted molar refractivity (Wildman–Crippen MR) is 84.2 cm³/mol. The Bertz CT molecular complexity index is 476. The lowest BCUT2D eigenvalue weighted by atomic mass is 10.1. The number of aliphatic hydroxyl groups is 1. The molecule has 0 aliphatic heterocycles. The Kier molecular flexibility index (Phi) is 5.59. The first-order valence-electron chi connectivity index (χ1n) is 7.51. The summed E-state index contributed by atoms with van der Waals surface area (Å²) in [5.41, 5.74) is 1.95. The van der Waals surface area contributed by atoms with E-state index in [1.807, 2.05) is 38.4 Å². The smallest absolute Gasteiger partial charge is 0.319 e. The molecule has 2 unspecified atom stereocenters. The number of carbonyl (C=O) groups is 1. The molecule has 2 rings (SSSR count). The average Bonchev–Trinajstić information content (AvgIpc) is 2.81. The molecular weight excluding hydrogens is 266 g/mol. The van der Waals surface area contributed by atoms with Gasteiger partial charge in [0.25, 0.3) is 0 Å². The molecule has 1 aromatic carbocycles. The number of anilines is 1. The summed E-state index contributed by atoms with van der Waals surface area (Å²) in [5, 5.41) is 15.4. The fraction of sp³-hybridized carbons (Fsp3) is 0.562. The van der Waals surface area contributed by atoms with Crippen LogP contribution in [0.5, 0.6) is 0 Å². The molecule has 0 saturated heterocycles. The van der Waals surface area contributed by atoms with Gasteiger partial charge in [0, 0.05) is 24.7 Å². The fourth-order valence-corrected chi connectivity index (χ4v) is 2.77. The summed E-state index contributed by atoms with van der Waals surface area (Å²) in [6.45, 7) is 1.37. The van der Waals surface area contributed by atoms with Gasteiger partial charge < -0.3 is 20.6 Å². The minimum Gasteiger partial charge on any atom is -0.393 e. The molecule has 1 aliphatic carbocycles. The molecule has 2 atom stereocenters. The highest BCUT2D eigenvalue weighted by Gasteiger charge is 2.25. The van der Waals surface area contributed by atoms with E-state index in [1.54, 1.807) is 0 Å². The first-order valence-corrected chi connectivity index (χ1v) is 7.51. The van der Waals surface area contributed by atoms with Crippen LogP contribution in [0.25, 0.3) is 0 Å². The zero-order valence-corrected chi connectivity index (χ0v) is 12.8. The van der Waals surface area contributed by atoms with Crippen molar-refractivity contribution in [1.82, 2.24) is 10.2 Å². The standard InChI is InChI=1S/C16H25N3O2/c1-19(2)11-12-5-3-7-14(9-12)18-16(21)17-10-13-6-4-8-15(13)20/h3,5,7,9,13,15,20H,4,6,8,10-11H2,1-2H3,(H2,17,18,21). The van der Waals surface area contributed by atoms with Crippen molar-refractivity contribution in [3.05, 3.63) is 29.8 Å². The molecule has 1 saturated carbocycles. The number of hydrogen-bond acceptors (Lipinski definition) is 3. The lowest BCUT2D eigenvalue weighted by Crippen LogP contribution is -2.35. The number of aliphatic hydroxyl groups excluding tert-OH is 1. The molecule has 1 aromatic rings. The minimum absolute atomic E-state index is 0.191. The van der Waals surface area contributed by atoms with E-state index in [1.165, 1.54) is 0 Å². The van der Waals surface area contributed by atoms with Crippen LogP contribution >= 0.6 is 0 Å². The number of urea groups is 1. The zero-order chi connectivity index (χ0) is 15.2. The van der Waals surface area contributed by atoms with E-state index in [0.717, 1.165) is 37.1 Å². The van der Waals surface area contributed by atoms with Crippen molar-refractivity contribution in [3.63, 3.8) is 0 Å². The fourth-order valence-electron chi connectivity index (χ4n) is 2.77. The van der Waals surface area contributed by atoms with Crippen molar-refractivity contribution in [2.45, 2.75) is 31.9 Å². The molecule has 0 bridgehead atoms. The molecule has 1 aliphatic rings. The van der Waals surface area contributed by atoms with E-state index in [4.69, 9.17) is 0 Å². The highest BCUT2D eigenvalue weighted by atomic mass is 16.3. The average molecular weight is 291 g/mol. The van der Waals surface area contributed by atoms with E-state index in [9.17, 15) is 9.90 Å². The van der Waals surface area contributed by atoms with Crippen molar-refractivity contribution in [2.75, 3.05) is 26.0 Å². The maximum absolute atomic E-state index is 11.9. The summed E-state index contributed by atoms with van der Waals surface area (Å²) in [7, 11) is 4.03. The Labute approximate surface area is 126 Å². The lowest BCUT2D eigenvalue weighted by Gasteiger charge is -2.16. The number of nitrogens with one attached hydrogen (secondary N) is 2. The number of carbonyl (C=O) groups excluding carboxylic acids is 1. The van der Waals surface area contributed by atoms with Gasteiger partial charge in [-0.3, -0.25) is 0 Å². The Balaban J connectivity index is 1.81. The van der Waals surface area contributed by atoms with Gasteiger partial charge in [0.1, 0.15) is 0 Å². The van der Waals surface area contributed by atoms with Crippen LogP contribution < -0.4 is 10.6 Å². The van der Waals surface area contributed by atoms with Crippen LogP contribution in [0.4, 0.5) is 10.5 Å². The number of rotatable bonds is 5. The molecular formula is C16H25N3O2. The molecule has 5 heteroatoms. The number of hydrogen-bond donors (Lipinski definition) is 3. The van der Waals surface area contributed by atoms with Gasteiger partial charge in [-0.2, -0.15) is 0 Å². The third-order valence-electron chi connectivity index (χ3n) is 3.83. The quantitative estimate of drug-likeness (QED) is 0.778. The van der Waals surface area contributed by atoms with Gasteiger partial charge in [0.2, 0.25) is 0 Å². The van der Waals surface area contributed by atoms with Gasteiger partial charge in [-0.25, -0.2) is 4.79 Å². The van der Waals surface area contributed by atoms with E-state index in [-0.39, 0.29) is 18.1 Å². The van der Waals surface area contributed by atoms with Crippen LogP contribution in [-0.2, 0) is 6.54 Å². The SMILES string of the molecule is CN(C)Cc1cccc(NC(=O)NCC2CCCC2O)c1. The van der Waals surface area contributed by atoms with Gasteiger partial charge >= 0.3 is 6.03 Å². The van der Waals surface area contributed by atoms with Crippen molar-refractivity contribution in [2.24, 2.45) is 5.92 Å². The first kappa shape index (κ1) is 15.8. The lowest BCUT2D eigenvalue weighted by molar-refractivity contribution is 0.133. The van der Waals surface area contributed by atoms with Gasteiger partial charge in [-0.05, 0) is 44.6 Å². The van der Waals surface area contributed by atoms with Crippen molar-refractivity contribution in [3.8, 4) is 0 Å². The second kappa shape index (κ2) is 7.43. The molecule has 3 N–H and O–H groups in total. The number of benzene rings is 1. The normalized spacial score (nSPS) is 21.5. The van der Waals surface area contributed by atoms with Gasteiger partial charge in [-0.15, -0.1) is 0 Å². The molecule has 1 fully saturated rings. The van der Waals surface area contributed by atoms with E-state index < -0.39 is 0 Å². The largest absolute Gasteiger partial charge is 0.393 e. The molecule has 0 spiro atoms. The van der Waals surface area contributed by atoms with Crippen molar-refractivity contribution < 1.29 is 9.90 Å². The molecule has 0 radical (unpaired) electrons. The highest BCUT2D eigenvalue weighted by Crippen LogP contribution is 2.24. The first-order chi connectivity index (χ1) is 10.0. The van der Waals surface area contributed by atoms with Crippen molar-refractivity contribution >= 4 is 11.7 Å². The minimum atomic E-state index is -0.270. The van der Waals surface area contributed by atoms with Crippen LogP contribution in [0.15, 0.2) is 24.3 Å². The third-order valence-corrected chi connectivity index (χ3v) is 3.83. The number of nitrogens with zero attached hydrogens (tertiary/aromatic N) is 1. The Morgan fingerprint density at radius 3 is 2.86 bits per heavy atom. The Morgan fingerprint density at radius 2 is 2.19 bits per heavy atom. The topological polar surface area (TPSA) is 64.6 Å². The summed E-state index contributed by atoms with van der Waals surface area (Å²) >= 11 is 0. The summed E-state index contributed by atoms with van der Waals surface area (Å²) in [4.78, 5) is 14.0. The van der Waals surface area contributed by atoms with Crippen LogP contribution in [0.3, 0.4) is 0 Å². The molecule has 116 valence electrons. The van der Waals surface area contributed by atoms with Gasteiger partial charge in [0.05, 0.1) is 6.10 Å². The highest BCUT2D eigenvalue weighted by molar-refractivity contribution is 5.89. The van der Waals surface area contributed by atoms with E-state index in [0.29, 0.717) is 6.54 Å². The van der Waals surface area contributed by atoms with Crippen LogP contribution in [0.1, 0.15) is 24.8 Å². The van der Waals surface area contributed by atoms with E-state index >= 15 is 0 Å². The summed E-state index contributed by atoms with van der Waals surface area (Å²) in [6, 6.07) is 7.62. The maximum atomic E-state index is 11.9. The number of amides is 2. The third kappa shape index (κ3) is 5.02. The second-order valence-electron chi connectivity index (χ2n) is 6.03. The zero-order valence-electron chi connectivity index (χ0n) is 12.8. The van der Waals surface area contributed by atoms with Gasteiger partial charge in [-0.1, -0.05) is 18.6 Å². The molecule has 21 heavy (non-hydrogen) atoms. The van der Waals surface area contributed by atoms with Crippen LogP contribution in [0.2, 0.25) is 0 Å². The summed E-state index contributed by atoms with van der Waals surface area (Å²) in [6.07, 6.45) is 2.61. The Hall–Kier alpha value is -1.59. The van der Waals surface area contributed by atoms with Crippen molar-refractivity contribution in [1.29, 1.82) is 0 Å². The van der Waals surface area contributed by atoms with Gasteiger partial charge in [0.15, 0.2) is 0 Å². The maximum Gasteiger partial charge on any atom is 0.319 e. The molecule has 0 heterocycles. The predicted octanol–water partition coefficient (Wildman–Crippen LogP) is 2.03. The second-order valence-corrected chi connectivity index (χ2v) is 6.03. The van der Waals surface area contributed by atoms with Crippen LogP contribution in [-0.4, -0.2) is 42.8 Å². The molecule has 2 amide bonds. The summed E-state index contributed by atoms with van der Waals surface area (Å²) in [5.74, 6) is 0.191. The molecule has 0 aromatic heterocycles. The van der Waals surface area contributed by atoms with E-state index in [2.05, 4.69) is 15.5 Å². The molecule has 5 nitrogen and oxygen atoms in total. The van der Waals surface area contributed by atoms with Crippen LogP contribution in [0, 0.1) is 5.92 Å². The monoisotopic (exact) mass is 291 g/mol. The summed E-state index contributed by atoms with van der Waals surface area (Å²) < 4.78 is 0.